The molecule has 2 aromatic rings. The molecule has 0 aliphatic rings. The molecule has 0 aliphatic carbocycles. The molecule has 1 aromatic carbocycles. The van der Waals surface area contributed by atoms with Crippen LogP contribution in [0.25, 0.3) is 10.9 Å². The number of aromatic carboxylic acids is 1. The van der Waals surface area contributed by atoms with E-state index < -0.39 is 22.8 Å². The number of carboxylic acids is 1. The smallest absolute Gasteiger partial charge is 0.341 e. The SMILES string of the molecule is Cc1cc(Br)c(F)c2c(=O)c(C(=O)O)c[nH]c12. The second-order valence-electron chi connectivity index (χ2n) is 3.58. The van der Waals surface area contributed by atoms with Crippen LogP contribution in [0.5, 0.6) is 0 Å². The number of pyridine rings is 1. The van der Waals surface area contributed by atoms with Crippen LogP contribution < -0.4 is 5.43 Å². The van der Waals surface area contributed by atoms with Crippen LogP contribution in [-0.2, 0) is 0 Å². The van der Waals surface area contributed by atoms with Gasteiger partial charge in [-0.05, 0) is 34.5 Å². The summed E-state index contributed by atoms with van der Waals surface area (Å²) in [4.78, 5) is 25.3. The van der Waals surface area contributed by atoms with Gasteiger partial charge in [0, 0.05) is 6.20 Å². The van der Waals surface area contributed by atoms with Gasteiger partial charge >= 0.3 is 5.97 Å². The predicted octanol–water partition coefficient (Wildman–Crippen LogP) is 2.44. The zero-order valence-corrected chi connectivity index (χ0v) is 10.3. The molecule has 0 saturated heterocycles. The summed E-state index contributed by atoms with van der Waals surface area (Å²) in [5, 5.41) is 8.56. The number of aryl methyl sites for hydroxylation is 1. The summed E-state index contributed by atoms with van der Waals surface area (Å²) < 4.78 is 14.0. The first kappa shape index (κ1) is 11.8. The Morgan fingerprint density at radius 1 is 1.53 bits per heavy atom. The molecule has 0 amide bonds. The van der Waals surface area contributed by atoms with Crippen LogP contribution in [0.3, 0.4) is 0 Å². The number of halogens is 2. The van der Waals surface area contributed by atoms with Crippen molar-refractivity contribution in [2.75, 3.05) is 0 Å². The van der Waals surface area contributed by atoms with E-state index in [9.17, 15) is 14.0 Å². The average molecular weight is 300 g/mol. The minimum atomic E-state index is -1.38. The zero-order valence-electron chi connectivity index (χ0n) is 8.67. The minimum Gasteiger partial charge on any atom is -0.477 e. The molecule has 0 saturated carbocycles. The lowest BCUT2D eigenvalue weighted by Gasteiger charge is -2.06. The highest BCUT2D eigenvalue weighted by atomic mass is 79.9. The molecule has 4 nitrogen and oxygen atoms in total. The normalized spacial score (nSPS) is 10.8. The van der Waals surface area contributed by atoms with Crippen molar-refractivity contribution in [3.8, 4) is 0 Å². The largest absolute Gasteiger partial charge is 0.477 e. The number of benzene rings is 1. The number of nitrogens with one attached hydrogen (secondary N) is 1. The fourth-order valence-electron chi connectivity index (χ4n) is 1.65. The Kier molecular flexibility index (Phi) is 2.74. The van der Waals surface area contributed by atoms with Crippen LogP contribution in [-0.4, -0.2) is 16.1 Å². The molecule has 0 spiro atoms. The van der Waals surface area contributed by atoms with Crippen LogP contribution in [0.4, 0.5) is 4.39 Å². The Morgan fingerprint density at radius 2 is 2.18 bits per heavy atom. The van der Waals surface area contributed by atoms with Gasteiger partial charge in [0.25, 0.3) is 0 Å². The summed E-state index contributed by atoms with van der Waals surface area (Å²) in [6.45, 7) is 1.70. The van der Waals surface area contributed by atoms with E-state index in [-0.39, 0.29) is 9.86 Å². The van der Waals surface area contributed by atoms with E-state index in [0.717, 1.165) is 6.20 Å². The third-order valence-electron chi connectivity index (χ3n) is 2.48. The molecule has 88 valence electrons. The number of carboxylic acid groups (broad SMARTS) is 1. The number of H-pyrrole nitrogens is 1. The number of hydrogen-bond acceptors (Lipinski definition) is 2. The lowest BCUT2D eigenvalue weighted by atomic mass is 10.1. The number of rotatable bonds is 1. The van der Waals surface area contributed by atoms with Crippen molar-refractivity contribution < 1.29 is 14.3 Å². The highest BCUT2D eigenvalue weighted by molar-refractivity contribution is 9.10. The topological polar surface area (TPSA) is 70.2 Å². The van der Waals surface area contributed by atoms with Gasteiger partial charge in [0.2, 0.25) is 5.43 Å². The molecule has 0 atom stereocenters. The molecule has 0 bridgehead atoms. The van der Waals surface area contributed by atoms with Crippen LogP contribution in [0, 0.1) is 12.7 Å². The molecule has 0 radical (unpaired) electrons. The van der Waals surface area contributed by atoms with E-state index in [1.807, 2.05) is 0 Å². The maximum absolute atomic E-state index is 13.8. The number of aromatic nitrogens is 1. The van der Waals surface area contributed by atoms with Gasteiger partial charge in [0.1, 0.15) is 5.56 Å². The van der Waals surface area contributed by atoms with Gasteiger partial charge in [-0.25, -0.2) is 9.18 Å². The summed E-state index contributed by atoms with van der Waals surface area (Å²) in [6.07, 6.45) is 1.08. The molecule has 0 aliphatic heterocycles. The van der Waals surface area contributed by atoms with Crippen molar-refractivity contribution in [2.24, 2.45) is 0 Å². The molecule has 17 heavy (non-hydrogen) atoms. The van der Waals surface area contributed by atoms with Gasteiger partial charge in [-0.1, -0.05) is 0 Å². The second-order valence-corrected chi connectivity index (χ2v) is 4.43. The molecule has 1 aromatic heterocycles. The van der Waals surface area contributed by atoms with Gasteiger partial charge in [-0.2, -0.15) is 0 Å². The van der Waals surface area contributed by atoms with Crippen molar-refractivity contribution in [2.45, 2.75) is 6.92 Å². The van der Waals surface area contributed by atoms with E-state index in [1.165, 1.54) is 6.07 Å². The first-order valence-electron chi connectivity index (χ1n) is 4.66. The second kappa shape index (κ2) is 3.96. The van der Waals surface area contributed by atoms with Crippen LogP contribution >= 0.6 is 15.9 Å². The Balaban J connectivity index is 3.04. The molecular weight excluding hydrogens is 293 g/mol. The van der Waals surface area contributed by atoms with E-state index in [0.29, 0.717) is 11.1 Å². The van der Waals surface area contributed by atoms with Crippen LogP contribution in [0.15, 0.2) is 21.5 Å². The first-order valence-corrected chi connectivity index (χ1v) is 5.46. The van der Waals surface area contributed by atoms with Crippen molar-refractivity contribution in [1.82, 2.24) is 4.98 Å². The lowest BCUT2D eigenvalue weighted by molar-refractivity contribution is 0.0695. The quantitative estimate of drug-likeness (QED) is 0.849. The Hall–Kier alpha value is -1.69. The molecular formula is C11H7BrFNO3. The van der Waals surface area contributed by atoms with Crippen molar-refractivity contribution in [3.63, 3.8) is 0 Å². The Labute approximate surface area is 103 Å². The van der Waals surface area contributed by atoms with Crippen LogP contribution in [0.1, 0.15) is 15.9 Å². The van der Waals surface area contributed by atoms with Gasteiger partial charge in [0.15, 0.2) is 5.82 Å². The molecule has 0 fully saturated rings. The van der Waals surface area contributed by atoms with Crippen LogP contribution in [0.2, 0.25) is 0 Å². The van der Waals surface area contributed by atoms with Gasteiger partial charge in [0.05, 0.1) is 15.4 Å². The maximum atomic E-state index is 13.8. The summed E-state index contributed by atoms with van der Waals surface area (Å²) in [7, 11) is 0. The molecule has 0 unspecified atom stereocenters. The third-order valence-corrected chi connectivity index (χ3v) is 3.06. The first-order chi connectivity index (χ1) is 7.93. The molecule has 2 rings (SSSR count). The fraction of sp³-hybridized carbons (Fsp3) is 0.0909. The van der Waals surface area contributed by atoms with Gasteiger partial charge in [-0.3, -0.25) is 4.79 Å². The van der Waals surface area contributed by atoms with E-state index >= 15 is 0 Å². The van der Waals surface area contributed by atoms with Crippen molar-refractivity contribution in [1.29, 1.82) is 0 Å². The van der Waals surface area contributed by atoms with E-state index in [4.69, 9.17) is 5.11 Å². The molecule has 2 N–H and O–H groups in total. The van der Waals surface area contributed by atoms with Gasteiger partial charge < -0.3 is 10.1 Å². The van der Waals surface area contributed by atoms with E-state index in [2.05, 4.69) is 20.9 Å². The highest BCUT2D eigenvalue weighted by Gasteiger charge is 2.17. The minimum absolute atomic E-state index is 0.135. The standard InChI is InChI=1S/C11H7BrFNO3/c1-4-2-6(12)8(13)7-9(4)14-3-5(10(7)15)11(16)17/h2-3H,1H3,(H,14,15)(H,16,17). The highest BCUT2D eigenvalue weighted by Crippen LogP contribution is 2.24. The van der Waals surface area contributed by atoms with Crippen molar-refractivity contribution in [3.05, 3.63) is 43.9 Å². The maximum Gasteiger partial charge on any atom is 0.341 e. The Morgan fingerprint density at radius 3 is 2.76 bits per heavy atom. The Bertz CT molecular complexity index is 693. The monoisotopic (exact) mass is 299 g/mol. The summed E-state index contributed by atoms with van der Waals surface area (Å²) in [5.74, 6) is -2.14. The third kappa shape index (κ3) is 1.74. The van der Waals surface area contributed by atoms with E-state index in [1.54, 1.807) is 6.92 Å². The number of carbonyl (C=O) groups is 1. The summed E-state index contributed by atoms with van der Waals surface area (Å²) in [6, 6.07) is 1.52. The van der Waals surface area contributed by atoms with Gasteiger partial charge in [-0.15, -0.1) is 0 Å². The predicted molar refractivity (Wildman–Crippen MR) is 63.9 cm³/mol. The summed E-state index contributed by atoms with van der Waals surface area (Å²) >= 11 is 2.99. The van der Waals surface area contributed by atoms with Crippen molar-refractivity contribution >= 4 is 32.8 Å². The number of fused-ring (bicyclic) bond motifs is 1. The fourth-order valence-corrected chi connectivity index (χ4v) is 2.20. The average Bonchev–Trinajstić information content (AvgIpc) is 2.25. The number of hydrogen-bond donors (Lipinski definition) is 2. The summed E-state index contributed by atoms with van der Waals surface area (Å²) in [5.41, 5.74) is -0.343. The molecule has 1 heterocycles. The molecule has 6 heteroatoms. The number of aromatic amines is 1. The zero-order chi connectivity index (χ0) is 12.7. The lowest BCUT2D eigenvalue weighted by Crippen LogP contribution is -2.17.